The summed E-state index contributed by atoms with van der Waals surface area (Å²) in [5, 5.41) is 13.5. The lowest BCUT2D eigenvalue weighted by atomic mass is 10.2. The molecular formula is C22H20ClN3O4S. The Bertz CT molecular complexity index is 1200. The first kappa shape index (κ1) is 22.3. The summed E-state index contributed by atoms with van der Waals surface area (Å²) in [4.78, 5) is 12.5. The molecule has 1 amide bonds. The maximum absolute atomic E-state index is 13.2. The van der Waals surface area contributed by atoms with Gasteiger partial charge in [0, 0.05) is 5.02 Å². The van der Waals surface area contributed by atoms with E-state index in [2.05, 4.69) is 10.5 Å². The number of anilines is 1. The molecule has 0 atom stereocenters. The van der Waals surface area contributed by atoms with Crippen molar-refractivity contribution in [2.45, 2.75) is 11.8 Å². The third-order valence-corrected chi connectivity index (χ3v) is 6.55. The highest BCUT2D eigenvalue weighted by atomic mass is 35.5. The second-order valence-electron chi connectivity index (χ2n) is 6.64. The summed E-state index contributed by atoms with van der Waals surface area (Å²) in [5.74, 6) is -0.522. The fourth-order valence-corrected chi connectivity index (χ4v) is 4.29. The minimum absolute atomic E-state index is 0.0482. The molecule has 0 aliphatic carbocycles. The van der Waals surface area contributed by atoms with Crippen molar-refractivity contribution in [2.75, 3.05) is 10.8 Å². The Hall–Kier alpha value is -3.36. The highest BCUT2D eigenvalue weighted by Crippen LogP contribution is 2.27. The highest BCUT2D eigenvalue weighted by Gasteiger charge is 2.27. The van der Waals surface area contributed by atoms with E-state index >= 15 is 0 Å². The smallest absolute Gasteiger partial charge is 0.264 e. The minimum atomic E-state index is -4.03. The van der Waals surface area contributed by atoms with Crippen molar-refractivity contribution in [1.29, 1.82) is 0 Å². The zero-order chi connectivity index (χ0) is 22.4. The second kappa shape index (κ2) is 9.63. The first-order valence-electron chi connectivity index (χ1n) is 9.22. The Morgan fingerprint density at radius 1 is 1.10 bits per heavy atom. The first-order valence-corrected chi connectivity index (χ1v) is 11.0. The Kier molecular flexibility index (Phi) is 6.94. The lowest BCUT2D eigenvalue weighted by Gasteiger charge is -2.24. The number of carbonyl (C=O) groups is 1. The van der Waals surface area contributed by atoms with Gasteiger partial charge >= 0.3 is 0 Å². The highest BCUT2D eigenvalue weighted by molar-refractivity contribution is 7.92. The van der Waals surface area contributed by atoms with Crippen LogP contribution in [-0.2, 0) is 14.8 Å². The molecule has 0 fully saturated rings. The van der Waals surface area contributed by atoms with Gasteiger partial charge in [0.05, 0.1) is 16.8 Å². The lowest BCUT2D eigenvalue weighted by molar-refractivity contribution is -0.119. The number of phenols is 1. The van der Waals surface area contributed by atoms with Crippen LogP contribution < -0.4 is 9.73 Å². The largest absolute Gasteiger partial charge is 0.508 e. The number of carbonyl (C=O) groups excluding carboxylic acids is 1. The number of benzene rings is 3. The van der Waals surface area contributed by atoms with Crippen LogP contribution in [-0.4, -0.2) is 32.2 Å². The number of nitrogens with one attached hydrogen (secondary N) is 1. The normalized spacial score (nSPS) is 11.4. The fraction of sp³-hybridized carbons (Fsp3) is 0.0909. The van der Waals surface area contributed by atoms with E-state index < -0.39 is 22.5 Å². The molecule has 3 rings (SSSR count). The maximum atomic E-state index is 13.2. The van der Waals surface area contributed by atoms with Crippen LogP contribution in [0.15, 0.2) is 82.8 Å². The van der Waals surface area contributed by atoms with Crippen molar-refractivity contribution in [3.05, 3.63) is 88.9 Å². The quantitative estimate of drug-likeness (QED) is 0.417. The van der Waals surface area contributed by atoms with E-state index in [0.29, 0.717) is 10.6 Å². The summed E-state index contributed by atoms with van der Waals surface area (Å²) in [6, 6.07) is 18.8. The molecule has 2 N–H and O–H groups in total. The van der Waals surface area contributed by atoms with Gasteiger partial charge in [0.25, 0.3) is 15.9 Å². The summed E-state index contributed by atoms with van der Waals surface area (Å²) < 4.78 is 27.5. The van der Waals surface area contributed by atoms with Gasteiger partial charge in [-0.05, 0) is 66.6 Å². The number of nitrogens with zero attached hydrogens (tertiary/aromatic N) is 2. The van der Waals surface area contributed by atoms with Crippen molar-refractivity contribution in [3.63, 3.8) is 0 Å². The predicted molar refractivity (Wildman–Crippen MR) is 121 cm³/mol. The van der Waals surface area contributed by atoms with Gasteiger partial charge in [-0.25, -0.2) is 13.8 Å². The van der Waals surface area contributed by atoms with Crippen molar-refractivity contribution >= 4 is 39.4 Å². The van der Waals surface area contributed by atoms with Crippen molar-refractivity contribution in [1.82, 2.24) is 5.43 Å². The molecule has 7 nitrogen and oxygen atoms in total. The van der Waals surface area contributed by atoms with Crippen LogP contribution >= 0.6 is 11.6 Å². The molecule has 3 aromatic carbocycles. The Labute approximate surface area is 185 Å². The summed E-state index contributed by atoms with van der Waals surface area (Å²) in [6.45, 7) is 1.30. The first-order chi connectivity index (χ1) is 14.8. The third kappa shape index (κ3) is 5.62. The second-order valence-corrected chi connectivity index (χ2v) is 8.91. The van der Waals surface area contributed by atoms with Gasteiger partial charge < -0.3 is 5.11 Å². The van der Waals surface area contributed by atoms with Crippen LogP contribution in [0.25, 0.3) is 0 Å². The van der Waals surface area contributed by atoms with Gasteiger partial charge in [-0.15, -0.1) is 0 Å². The average Bonchev–Trinajstić information content (AvgIpc) is 2.76. The number of aromatic hydroxyl groups is 1. The molecule has 0 heterocycles. The maximum Gasteiger partial charge on any atom is 0.264 e. The van der Waals surface area contributed by atoms with E-state index in [4.69, 9.17) is 11.6 Å². The molecule has 0 spiro atoms. The number of rotatable bonds is 7. The number of sulfonamides is 1. The predicted octanol–water partition coefficient (Wildman–Crippen LogP) is 3.70. The molecule has 0 aromatic heterocycles. The molecule has 0 saturated heterocycles. The number of aryl methyl sites for hydroxylation is 1. The third-order valence-electron chi connectivity index (χ3n) is 4.36. The number of hydrazone groups is 1. The van der Waals surface area contributed by atoms with Crippen LogP contribution in [0, 0.1) is 6.92 Å². The van der Waals surface area contributed by atoms with Crippen molar-refractivity contribution in [3.8, 4) is 5.75 Å². The molecule has 0 bridgehead atoms. The van der Waals surface area contributed by atoms with Crippen molar-refractivity contribution in [2.24, 2.45) is 5.10 Å². The lowest BCUT2D eigenvalue weighted by Crippen LogP contribution is -2.39. The summed E-state index contributed by atoms with van der Waals surface area (Å²) in [6.07, 6.45) is 1.39. The van der Waals surface area contributed by atoms with Crippen LogP contribution in [0.5, 0.6) is 5.75 Å². The molecule has 0 saturated carbocycles. The van der Waals surface area contributed by atoms with E-state index in [1.165, 1.54) is 36.5 Å². The molecule has 9 heteroatoms. The molecule has 160 valence electrons. The van der Waals surface area contributed by atoms with Crippen LogP contribution in [0.3, 0.4) is 0 Å². The monoisotopic (exact) mass is 457 g/mol. The molecular weight excluding hydrogens is 438 g/mol. The number of hydrogen-bond acceptors (Lipinski definition) is 5. The van der Waals surface area contributed by atoms with Crippen LogP contribution in [0.4, 0.5) is 5.69 Å². The summed E-state index contributed by atoms with van der Waals surface area (Å²) >= 11 is 6.19. The number of hydrogen-bond donors (Lipinski definition) is 2. The average molecular weight is 458 g/mol. The number of phenolic OH excluding ortho intramolecular Hbond substituents is 1. The van der Waals surface area contributed by atoms with E-state index in [1.54, 1.807) is 49.4 Å². The molecule has 31 heavy (non-hydrogen) atoms. The van der Waals surface area contributed by atoms with Gasteiger partial charge in [-0.2, -0.15) is 5.10 Å². The Balaban J connectivity index is 1.85. The molecule has 3 aromatic rings. The minimum Gasteiger partial charge on any atom is -0.508 e. The topological polar surface area (TPSA) is 99.1 Å². The van der Waals surface area contributed by atoms with E-state index in [9.17, 15) is 18.3 Å². The molecule has 0 aliphatic rings. The fourth-order valence-electron chi connectivity index (χ4n) is 2.68. The van der Waals surface area contributed by atoms with Gasteiger partial charge in [-0.1, -0.05) is 35.9 Å². The number of halogens is 1. The van der Waals surface area contributed by atoms with E-state index in [1.807, 2.05) is 0 Å². The molecule has 0 radical (unpaired) electrons. The van der Waals surface area contributed by atoms with E-state index in [-0.39, 0.29) is 16.3 Å². The Morgan fingerprint density at radius 2 is 1.77 bits per heavy atom. The number of amides is 1. The van der Waals surface area contributed by atoms with Crippen molar-refractivity contribution < 1.29 is 18.3 Å². The summed E-state index contributed by atoms with van der Waals surface area (Å²) in [7, 11) is -4.03. The van der Waals surface area contributed by atoms with Crippen LogP contribution in [0.2, 0.25) is 5.02 Å². The van der Waals surface area contributed by atoms with Crippen LogP contribution in [0.1, 0.15) is 11.1 Å². The molecule has 0 aliphatic heterocycles. The Morgan fingerprint density at radius 3 is 2.42 bits per heavy atom. The van der Waals surface area contributed by atoms with Gasteiger partial charge in [0.15, 0.2) is 0 Å². The SMILES string of the molecule is Cc1ccc(N(CC(=O)N/N=C/c2ccc(O)cc2)S(=O)(=O)c2ccccc2)cc1Cl. The molecule has 0 unspecified atom stereocenters. The van der Waals surface area contributed by atoms with Gasteiger partial charge in [0.2, 0.25) is 0 Å². The zero-order valence-electron chi connectivity index (χ0n) is 16.6. The van der Waals surface area contributed by atoms with Gasteiger partial charge in [0.1, 0.15) is 12.3 Å². The van der Waals surface area contributed by atoms with E-state index in [0.717, 1.165) is 9.87 Å². The zero-order valence-corrected chi connectivity index (χ0v) is 18.1. The van der Waals surface area contributed by atoms with Gasteiger partial charge in [-0.3, -0.25) is 9.10 Å². The summed E-state index contributed by atoms with van der Waals surface area (Å²) in [5.41, 5.74) is 4.02. The standard InChI is InChI=1S/C22H20ClN3O4S/c1-16-7-10-18(13-21(16)23)26(31(29,30)20-5-3-2-4-6-20)15-22(28)25-24-14-17-8-11-19(27)12-9-17/h2-14,27H,15H2,1H3,(H,25,28)/b24-14+.